The van der Waals surface area contributed by atoms with Crippen LogP contribution in [-0.2, 0) is 0 Å². The predicted octanol–water partition coefficient (Wildman–Crippen LogP) is 4.37. The van der Waals surface area contributed by atoms with E-state index in [1.165, 1.54) is 25.7 Å². The monoisotopic (exact) mass is 188 g/mol. The van der Waals surface area contributed by atoms with Crippen LogP contribution in [0.2, 0.25) is 0 Å². The summed E-state index contributed by atoms with van der Waals surface area (Å²) in [5, 5.41) is 0. The van der Waals surface area contributed by atoms with Crippen molar-refractivity contribution in [3.05, 3.63) is 35.9 Å². The van der Waals surface area contributed by atoms with E-state index >= 15 is 0 Å². The molecule has 1 saturated carbocycles. The van der Waals surface area contributed by atoms with Gasteiger partial charge in [0.2, 0.25) is 0 Å². The molecular weight excluding hydrogens is 168 g/mol. The number of hydrogen-bond donors (Lipinski definition) is 0. The van der Waals surface area contributed by atoms with Crippen LogP contribution in [0.4, 0.5) is 0 Å². The lowest BCUT2D eigenvalue weighted by Gasteiger charge is -2.21. The highest BCUT2D eigenvalue weighted by Crippen LogP contribution is 2.48. The third kappa shape index (κ3) is 1.84. The van der Waals surface area contributed by atoms with E-state index < -0.39 is 0 Å². The van der Waals surface area contributed by atoms with Crippen LogP contribution in [0.1, 0.15) is 51.0 Å². The summed E-state index contributed by atoms with van der Waals surface area (Å²) in [5.74, 6) is 0.821. The SMILES string of the molecule is CCC1(C)CCC(c2ccccc2)C1. The molecule has 76 valence electrons. The summed E-state index contributed by atoms with van der Waals surface area (Å²) in [5.41, 5.74) is 2.16. The van der Waals surface area contributed by atoms with Crippen molar-refractivity contribution >= 4 is 0 Å². The molecule has 1 fully saturated rings. The summed E-state index contributed by atoms with van der Waals surface area (Å²) in [4.78, 5) is 0. The van der Waals surface area contributed by atoms with Crippen LogP contribution in [0.3, 0.4) is 0 Å². The van der Waals surface area contributed by atoms with E-state index in [0.717, 1.165) is 5.92 Å². The molecule has 1 aromatic carbocycles. The molecule has 0 N–H and O–H groups in total. The predicted molar refractivity (Wildman–Crippen MR) is 61.4 cm³/mol. The topological polar surface area (TPSA) is 0 Å². The molecule has 0 aromatic heterocycles. The highest BCUT2D eigenvalue weighted by atomic mass is 14.4. The Bertz CT molecular complexity index is 288. The Morgan fingerprint density at radius 1 is 1.29 bits per heavy atom. The van der Waals surface area contributed by atoms with Gasteiger partial charge in [0.1, 0.15) is 0 Å². The van der Waals surface area contributed by atoms with Crippen molar-refractivity contribution in [3.63, 3.8) is 0 Å². The minimum absolute atomic E-state index is 0.612. The maximum atomic E-state index is 2.44. The minimum atomic E-state index is 0.612. The third-order valence-corrected chi connectivity index (χ3v) is 3.96. The minimum Gasteiger partial charge on any atom is -0.0649 e. The zero-order valence-corrected chi connectivity index (χ0v) is 9.29. The first-order valence-corrected chi connectivity index (χ1v) is 5.78. The van der Waals surface area contributed by atoms with Gasteiger partial charge in [0, 0.05) is 0 Å². The van der Waals surface area contributed by atoms with E-state index in [1.807, 2.05) is 0 Å². The van der Waals surface area contributed by atoms with E-state index in [4.69, 9.17) is 0 Å². The summed E-state index contributed by atoms with van der Waals surface area (Å²) in [6.45, 7) is 4.77. The average molecular weight is 188 g/mol. The van der Waals surface area contributed by atoms with E-state index in [9.17, 15) is 0 Å². The largest absolute Gasteiger partial charge is 0.0649 e. The van der Waals surface area contributed by atoms with Gasteiger partial charge in [-0.3, -0.25) is 0 Å². The second-order valence-corrected chi connectivity index (χ2v) is 5.01. The van der Waals surface area contributed by atoms with E-state index in [2.05, 4.69) is 44.2 Å². The highest BCUT2D eigenvalue weighted by Gasteiger charge is 2.33. The Balaban J connectivity index is 2.10. The first-order valence-electron chi connectivity index (χ1n) is 5.78. The molecule has 0 heteroatoms. The molecule has 2 atom stereocenters. The lowest BCUT2D eigenvalue weighted by molar-refractivity contribution is 0.319. The van der Waals surface area contributed by atoms with E-state index in [1.54, 1.807) is 5.56 Å². The zero-order chi connectivity index (χ0) is 10.0. The smallest absolute Gasteiger partial charge is 0.0157 e. The van der Waals surface area contributed by atoms with Crippen LogP contribution >= 0.6 is 0 Å². The van der Waals surface area contributed by atoms with Crippen molar-refractivity contribution in [3.8, 4) is 0 Å². The van der Waals surface area contributed by atoms with Crippen LogP contribution in [-0.4, -0.2) is 0 Å². The van der Waals surface area contributed by atoms with Gasteiger partial charge in [0.05, 0.1) is 0 Å². The molecule has 0 amide bonds. The van der Waals surface area contributed by atoms with E-state index in [0.29, 0.717) is 5.41 Å². The van der Waals surface area contributed by atoms with Gasteiger partial charge in [-0.05, 0) is 36.2 Å². The Labute approximate surface area is 87.3 Å². The van der Waals surface area contributed by atoms with Gasteiger partial charge in [-0.15, -0.1) is 0 Å². The fourth-order valence-electron chi connectivity index (χ4n) is 2.65. The third-order valence-electron chi connectivity index (χ3n) is 3.96. The van der Waals surface area contributed by atoms with E-state index in [-0.39, 0.29) is 0 Å². The molecule has 0 radical (unpaired) electrons. The molecule has 1 aliphatic carbocycles. The van der Waals surface area contributed by atoms with Crippen LogP contribution in [0.25, 0.3) is 0 Å². The van der Waals surface area contributed by atoms with Crippen LogP contribution in [0.15, 0.2) is 30.3 Å². The molecule has 0 aliphatic heterocycles. The lowest BCUT2D eigenvalue weighted by atomic mass is 9.84. The molecule has 2 unspecified atom stereocenters. The molecular formula is C14H20. The zero-order valence-electron chi connectivity index (χ0n) is 9.29. The molecule has 0 saturated heterocycles. The summed E-state index contributed by atoms with van der Waals surface area (Å²) < 4.78 is 0. The molecule has 1 aromatic rings. The van der Waals surface area contributed by atoms with Gasteiger partial charge in [0.25, 0.3) is 0 Å². The second-order valence-electron chi connectivity index (χ2n) is 5.01. The molecule has 1 aliphatic rings. The fourth-order valence-corrected chi connectivity index (χ4v) is 2.65. The van der Waals surface area contributed by atoms with Gasteiger partial charge in [-0.25, -0.2) is 0 Å². The van der Waals surface area contributed by atoms with Gasteiger partial charge >= 0.3 is 0 Å². The molecule has 0 heterocycles. The fraction of sp³-hybridized carbons (Fsp3) is 0.571. The van der Waals surface area contributed by atoms with Crippen LogP contribution < -0.4 is 0 Å². The first-order chi connectivity index (χ1) is 6.73. The normalized spacial score (nSPS) is 32.0. The molecule has 2 rings (SSSR count). The summed E-state index contributed by atoms with van der Waals surface area (Å²) in [6, 6.07) is 11.0. The van der Waals surface area contributed by atoms with Crippen molar-refractivity contribution in [2.24, 2.45) is 5.41 Å². The summed E-state index contributed by atoms with van der Waals surface area (Å²) >= 11 is 0. The standard InChI is InChI=1S/C14H20/c1-3-14(2)10-9-13(11-14)12-7-5-4-6-8-12/h4-8,13H,3,9-11H2,1-2H3. The molecule has 14 heavy (non-hydrogen) atoms. The van der Waals surface area contributed by atoms with Gasteiger partial charge < -0.3 is 0 Å². The molecule has 0 bridgehead atoms. The Morgan fingerprint density at radius 3 is 2.57 bits per heavy atom. The summed E-state index contributed by atoms with van der Waals surface area (Å²) in [6.07, 6.45) is 5.50. The molecule has 0 spiro atoms. The van der Waals surface area contributed by atoms with Crippen molar-refractivity contribution < 1.29 is 0 Å². The van der Waals surface area contributed by atoms with Crippen molar-refractivity contribution in [2.45, 2.75) is 45.4 Å². The number of rotatable bonds is 2. The van der Waals surface area contributed by atoms with Crippen molar-refractivity contribution in [1.29, 1.82) is 0 Å². The first kappa shape index (κ1) is 9.76. The Hall–Kier alpha value is -0.780. The lowest BCUT2D eigenvalue weighted by Crippen LogP contribution is -2.09. The highest BCUT2D eigenvalue weighted by molar-refractivity contribution is 5.21. The van der Waals surface area contributed by atoms with Crippen LogP contribution in [0, 0.1) is 5.41 Å². The van der Waals surface area contributed by atoms with Crippen molar-refractivity contribution in [1.82, 2.24) is 0 Å². The Kier molecular flexibility index (Phi) is 2.62. The number of hydrogen-bond acceptors (Lipinski definition) is 0. The van der Waals surface area contributed by atoms with Gasteiger partial charge in [0.15, 0.2) is 0 Å². The second kappa shape index (κ2) is 3.76. The summed E-state index contributed by atoms with van der Waals surface area (Å²) in [7, 11) is 0. The quantitative estimate of drug-likeness (QED) is 0.646. The number of benzene rings is 1. The molecule has 0 nitrogen and oxygen atoms in total. The van der Waals surface area contributed by atoms with Gasteiger partial charge in [-0.2, -0.15) is 0 Å². The maximum absolute atomic E-state index is 2.44. The average Bonchev–Trinajstić information content (AvgIpc) is 2.63. The van der Waals surface area contributed by atoms with Gasteiger partial charge in [-0.1, -0.05) is 50.6 Å². The van der Waals surface area contributed by atoms with Crippen LogP contribution in [0.5, 0.6) is 0 Å². The Morgan fingerprint density at radius 2 is 2.00 bits per heavy atom. The van der Waals surface area contributed by atoms with Crippen molar-refractivity contribution in [2.75, 3.05) is 0 Å². The maximum Gasteiger partial charge on any atom is -0.0157 e.